The van der Waals surface area contributed by atoms with E-state index in [2.05, 4.69) is 66.1 Å². The van der Waals surface area contributed by atoms with E-state index in [0.29, 0.717) is 119 Å². The number of nitrogens with one attached hydrogen (secondary N) is 1. The first-order chi connectivity index (χ1) is 50.4. The van der Waals surface area contributed by atoms with Crippen LogP contribution in [-0.4, -0.2) is 195 Å². The molecule has 0 saturated carbocycles. The minimum Gasteiger partial charge on any atom is -0.486 e. The normalized spacial score (nSPS) is 20.1. The number of carbonyl (C=O) groups excluding carboxylic acids is 2. The number of methoxy groups -OCH3 is 4. The number of rotatable bonds is 17. The van der Waals surface area contributed by atoms with E-state index >= 15 is 0 Å². The molecule has 104 heavy (non-hydrogen) atoms. The molecule has 0 spiro atoms. The van der Waals surface area contributed by atoms with Gasteiger partial charge in [0.25, 0.3) is 11.8 Å². The molecule has 1 aromatic carbocycles. The number of aliphatic hydroxyl groups is 3. The van der Waals surface area contributed by atoms with Crippen molar-refractivity contribution < 1.29 is 99.3 Å². The molecule has 29 nitrogen and oxygen atoms in total. The van der Waals surface area contributed by atoms with E-state index in [4.69, 9.17) is 62.6 Å². The minimum atomic E-state index is -1.30. The van der Waals surface area contributed by atoms with Crippen molar-refractivity contribution >= 4 is 71.9 Å². The van der Waals surface area contributed by atoms with E-state index in [9.17, 15) is 42.5 Å². The Morgan fingerprint density at radius 1 is 0.510 bits per heavy atom. The average molecular weight is 1510 g/mol. The number of benzene rings is 1. The van der Waals surface area contributed by atoms with Crippen LogP contribution >= 0.6 is 15.9 Å². The lowest BCUT2D eigenvalue weighted by molar-refractivity contribution is -0.208. The maximum Gasteiger partial charge on any atom is 0.261 e. The maximum atomic E-state index is 14.6. The number of ether oxygens (including phenoxy) is 12. The van der Waals surface area contributed by atoms with E-state index in [0.717, 1.165) is 35.4 Å². The number of amides is 2. The van der Waals surface area contributed by atoms with Gasteiger partial charge in [-0.2, -0.15) is 0 Å². The van der Waals surface area contributed by atoms with Crippen molar-refractivity contribution in [3.05, 3.63) is 171 Å². The van der Waals surface area contributed by atoms with Gasteiger partial charge in [-0.05, 0) is 52.3 Å². The molecule has 3 fully saturated rings. The zero-order valence-electron chi connectivity index (χ0n) is 56.1. The van der Waals surface area contributed by atoms with Crippen LogP contribution in [0.3, 0.4) is 0 Å². The van der Waals surface area contributed by atoms with Crippen LogP contribution in [0.1, 0.15) is 80.7 Å². The molecule has 3 atom stereocenters. The molecule has 6 N–H and O–H groups in total. The summed E-state index contributed by atoms with van der Waals surface area (Å²) in [5, 5.41) is 35.3. The minimum absolute atomic E-state index is 0.0337. The van der Waals surface area contributed by atoms with Crippen molar-refractivity contribution in [3.63, 3.8) is 0 Å². The van der Waals surface area contributed by atoms with Crippen LogP contribution in [0.25, 0.3) is 44.1 Å². The van der Waals surface area contributed by atoms with Crippen LogP contribution in [0.5, 0.6) is 35.0 Å². The molecule has 0 radical (unpaired) electrons. The lowest BCUT2D eigenvalue weighted by Crippen LogP contribution is -2.50. The van der Waals surface area contributed by atoms with Crippen molar-refractivity contribution in [3.8, 4) is 35.0 Å². The van der Waals surface area contributed by atoms with Crippen LogP contribution < -0.4 is 39.5 Å². The van der Waals surface area contributed by atoms with E-state index in [-0.39, 0.29) is 83.7 Å². The zero-order chi connectivity index (χ0) is 73.1. The zero-order valence-corrected chi connectivity index (χ0v) is 57.7. The van der Waals surface area contributed by atoms with E-state index in [1.54, 1.807) is 79.0 Å². The highest BCUT2D eigenvalue weighted by Crippen LogP contribution is 2.36. The Morgan fingerprint density at radius 2 is 0.885 bits per heavy atom. The van der Waals surface area contributed by atoms with Crippen molar-refractivity contribution in [1.29, 1.82) is 0 Å². The van der Waals surface area contributed by atoms with Gasteiger partial charge < -0.3 is 83.2 Å². The smallest absolute Gasteiger partial charge is 0.261 e. The second kappa shape index (κ2) is 33.8. The third-order valence-electron chi connectivity index (χ3n) is 16.9. The van der Waals surface area contributed by atoms with Crippen LogP contribution in [0.2, 0.25) is 0 Å². The third-order valence-corrected chi connectivity index (χ3v) is 17.6. The maximum absolute atomic E-state index is 14.6. The second-order valence-electron chi connectivity index (χ2n) is 23.7. The van der Waals surface area contributed by atoms with Gasteiger partial charge in [-0.3, -0.25) is 39.4 Å². The first kappa shape index (κ1) is 74.0. The third kappa shape index (κ3) is 17.1. The number of carbonyl (C=O) groups is 2. The predicted molar refractivity (Wildman–Crippen MR) is 362 cm³/mol. The Morgan fingerprint density at radius 3 is 1.31 bits per heavy atom. The molecule has 14 heterocycles. The second-order valence-corrected chi connectivity index (χ2v) is 24.5. The van der Waals surface area contributed by atoms with Gasteiger partial charge >= 0.3 is 0 Å². The number of fused-ring (bicyclic) bond motifs is 6. The highest BCUT2D eigenvalue weighted by Gasteiger charge is 2.42. The summed E-state index contributed by atoms with van der Waals surface area (Å²) in [6, 6.07) is 20.8. The van der Waals surface area contributed by atoms with Gasteiger partial charge in [0.2, 0.25) is 23.5 Å². The van der Waals surface area contributed by atoms with Crippen molar-refractivity contribution in [2.45, 2.75) is 81.1 Å². The largest absolute Gasteiger partial charge is 0.486 e. The molecule has 0 bridgehead atoms. The molecule has 10 aromatic rings. The van der Waals surface area contributed by atoms with Gasteiger partial charge in [-0.1, -0.05) is 12.1 Å². The number of hydrogen-bond donors (Lipinski definition) is 5. The van der Waals surface area contributed by atoms with Crippen molar-refractivity contribution in [1.82, 2.24) is 55.1 Å². The van der Waals surface area contributed by atoms with Gasteiger partial charge in [0.1, 0.15) is 52.7 Å². The Hall–Kier alpha value is -9.69. The number of nitrogens with zero attached hydrogens (tertiary/aromatic N) is 10. The molecule has 0 aliphatic carbocycles. The Kier molecular flexibility index (Phi) is 24.1. The fourth-order valence-electron chi connectivity index (χ4n) is 11.6. The quantitative estimate of drug-likeness (QED) is 0.0433. The fraction of sp³-hybridized carbons (Fsp3) is 0.357. The number of aliphatic hydroxyl groups excluding tert-OH is 3. The predicted octanol–water partition coefficient (Wildman–Crippen LogP) is 7.58. The topological polar surface area (TPSA) is 363 Å². The number of nitrogens with two attached hydrogens (primary N) is 1. The van der Waals surface area contributed by atoms with Gasteiger partial charge in [-0.15, -0.1) is 0 Å². The Balaban J connectivity index is 0.000000136. The molecular formula is C70H69BrF4N12O17. The van der Waals surface area contributed by atoms with Gasteiger partial charge in [0.15, 0.2) is 36.2 Å². The molecule has 15 rings (SSSR count). The number of halogens is 5. The molecule has 5 aliphatic heterocycles. The fourth-order valence-corrected chi connectivity index (χ4v) is 12.0. The molecular weight excluding hydrogens is 1440 g/mol. The SMILES string of the molecule is COc1ccc2ncc(F)c(Br)c2n1.COc1ccc2ncc(F)c(C(O)CC3OCC(N)CO3)c2n1.COc1ccc2ncc(F)c(C(O)CC3OCC(N4C(=O)c5ccccc5C4=O)CO3)c2n1.COc1ccc2ncc(F)c(C(O)CC3OCC(NCc4cc5c(cn4)OCCO5)CO3)c2n1. The number of aromatic nitrogens is 9. The summed E-state index contributed by atoms with van der Waals surface area (Å²) < 4.78 is 122. The molecule has 546 valence electrons. The van der Waals surface area contributed by atoms with Crippen molar-refractivity contribution in [2.75, 3.05) is 81.3 Å². The monoisotopic (exact) mass is 1500 g/mol. The van der Waals surface area contributed by atoms with Crippen molar-refractivity contribution in [2.24, 2.45) is 5.73 Å². The van der Waals surface area contributed by atoms with E-state index in [1.165, 1.54) is 28.4 Å². The molecule has 3 saturated heterocycles. The summed E-state index contributed by atoms with van der Waals surface area (Å²) in [5.74, 6) is -0.570. The van der Waals surface area contributed by atoms with E-state index in [1.807, 2.05) is 6.07 Å². The van der Waals surface area contributed by atoms with Crippen LogP contribution in [-0.2, 0) is 35.0 Å². The molecule has 9 aromatic heterocycles. The first-order valence-corrected chi connectivity index (χ1v) is 33.2. The summed E-state index contributed by atoms with van der Waals surface area (Å²) >= 11 is 3.11. The highest BCUT2D eigenvalue weighted by atomic mass is 79.9. The van der Waals surface area contributed by atoms with Gasteiger partial charge in [0.05, 0.1) is 179 Å². The lowest BCUT2D eigenvalue weighted by Gasteiger charge is -2.34. The lowest BCUT2D eigenvalue weighted by atomic mass is 10.0. The van der Waals surface area contributed by atoms with Crippen LogP contribution in [0.15, 0.2) is 114 Å². The molecule has 34 heteroatoms. The summed E-state index contributed by atoms with van der Waals surface area (Å²) in [5.41, 5.74) is 10.3. The first-order valence-electron chi connectivity index (χ1n) is 32.4. The number of pyridine rings is 9. The standard InChI is InChI=1S/C23H25FN4O6.C23H20FN3O6.C15H18FN3O4.C9H6BrFN2O/c1-30-20-3-2-16-23(28-20)22(15(24)9-27-16)17(29)7-21-33-11-14(12-34-21)25-8-13-6-18-19(10-26-13)32-5-4-31-18;1-31-18-7-6-16-21(26-18)20(15(24)9-25-16)17(28)8-19-32-10-12(11-33-19)27-22(29)13-4-2-3-5-14(13)23(27)30;1-21-12-3-2-10-15(19-12)14(9(16)5-18-10)11(20)4-13-22-6-8(17)7-23-13;1-14-7-3-2-6-9(13-7)8(10)5(11)4-12-6/h2-3,6,9-10,14,17,21,25,29H,4-5,7-8,11-12H2,1H3;2-7,9,12,17,19,28H,8,10-11H2,1H3;2-3,5,8,11,13,20H,4,6-7,17H2,1H3;2-4H,1H3. The Labute approximate surface area is 598 Å². The van der Waals surface area contributed by atoms with Crippen LogP contribution in [0, 0.1) is 23.3 Å². The molecule has 2 amide bonds. The van der Waals surface area contributed by atoms with E-state index < -0.39 is 78.3 Å². The van der Waals surface area contributed by atoms with Gasteiger partial charge in [0, 0.05) is 72.8 Å². The number of imide groups is 1. The summed E-state index contributed by atoms with van der Waals surface area (Å²) in [7, 11) is 5.87. The van der Waals surface area contributed by atoms with Gasteiger partial charge in [-0.25, -0.2) is 37.5 Å². The summed E-state index contributed by atoms with van der Waals surface area (Å²) in [6.07, 6.45) is 0.177. The average Bonchev–Trinajstić information content (AvgIpc) is 1.62. The van der Waals surface area contributed by atoms with Crippen LogP contribution in [0.4, 0.5) is 17.6 Å². The molecule has 5 aliphatic rings. The Bertz CT molecular complexity index is 4680. The highest BCUT2D eigenvalue weighted by molar-refractivity contribution is 9.10. The number of hydrogen-bond acceptors (Lipinski definition) is 28. The summed E-state index contributed by atoms with van der Waals surface area (Å²) in [6.45, 7) is 3.02. The molecule has 3 unspecified atom stereocenters. The summed E-state index contributed by atoms with van der Waals surface area (Å²) in [4.78, 5) is 63.5.